The zero-order valence-corrected chi connectivity index (χ0v) is 9.15. The Hall–Kier alpha value is -1.53. The van der Waals surface area contributed by atoms with Crippen molar-refractivity contribution in [2.45, 2.75) is 12.0 Å². The lowest BCUT2D eigenvalue weighted by molar-refractivity contribution is 0.0264. The van der Waals surface area contributed by atoms with Crippen LogP contribution in [0, 0.1) is 5.95 Å². The van der Waals surface area contributed by atoms with Gasteiger partial charge in [-0.3, -0.25) is 4.79 Å². The quantitative estimate of drug-likeness (QED) is 0.735. The van der Waals surface area contributed by atoms with Crippen LogP contribution in [-0.4, -0.2) is 41.4 Å². The zero-order valence-electron chi connectivity index (χ0n) is 9.15. The van der Waals surface area contributed by atoms with Crippen molar-refractivity contribution in [2.75, 3.05) is 19.8 Å². The van der Waals surface area contributed by atoms with Crippen LogP contribution in [-0.2, 0) is 4.74 Å². The molecule has 92 valence electrons. The van der Waals surface area contributed by atoms with Gasteiger partial charge in [0.2, 0.25) is 5.95 Å². The van der Waals surface area contributed by atoms with Crippen LogP contribution in [0.1, 0.15) is 16.8 Å². The van der Waals surface area contributed by atoms with E-state index < -0.39 is 17.5 Å². The first kappa shape index (κ1) is 11.9. The largest absolute Gasteiger partial charge is 0.386 e. The third-order valence-electron chi connectivity index (χ3n) is 2.66. The molecule has 0 aliphatic carbocycles. The number of hydrogen-bond donors (Lipinski definition) is 2. The predicted octanol–water partition coefficient (Wildman–Crippen LogP) is 0.102. The Morgan fingerprint density at radius 1 is 1.71 bits per heavy atom. The molecule has 1 unspecified atom stereocenters. The number of rotatable bonds is 3. The number of aliphatic hydroxyl groups is 1. The van der Waals surface area contributed by atoms with E-state index in [4.69, 9.17) is 4.74 Å². The molecule has 17 heavy (non-hydrogen) atoms. The second-order valence-corrected chi connectivity index (χ2v) is 4.05. The molecule has 2 rings (SSSR count). The summed E-state index contributed by atoms with van der Waals surface area (Å²) in [6.07, 6.45) is 1.73. The van der Waals surface area contributed by atoms with Gasteiger partial charge in [0.15, 0.2) is 0 Å². The Morgan fingerprint density at radius 3 is 3.18 bits per heavy atom. The molecule has 1 aliphatic heterocycles. The van der Waals surface area contributed by atoms with E-state index in [1.165, 1.54) is 18.3 Å². The van der Waals surface area contributed by atoms with Crippen molar-refractivity contribution < 1.29 is 19.0 Å². The molecule has 0 aromatic carbocycles. The van der Waals surface area contributed by atoms with E-state index in [1.54, 1.807) is 0 Å². The van der Waals surface area contributed by atoms with Gasteiger partial charge in [-0.1, -0.05) is 0 Å². The summed E-state index contributed by atoms with van der Waals surface area (Å²) in [6, 6.07) is 2.82. The van der Waals surface area contributed by atoms with Crippen molar-refractivity contribution in [3.8, 4) is 0 Å². The summed E-state index contributed by atoms with van der Waals surface area (Å²) in [6.45, 7) is 0.691. The van der Waals surface area contributed by atoms with E-state index >= 15 is 0 Å². The van der Waals surface area contributed by atoms with Gasteiger partial charge in [0.25, 0.3) is 5.91 Å². The molecule has 1 aliphatic rings. The van der Waals surface area contributed by atoms with Crippen LogP contribution in [0.15, 0.2) is 18.3 Å². The summed E-state index contributed by atoms with van der Waals surface area (Å²) in [4.78, 5) is 15.0. The molecule has 0 spiro atoms. The van der Waals surface area contributed by atoms with E-state index in [2.05, 4.69) is 10.3 Å². The molecule has 0 bridgehead atoms. The van der Waals surface area contributed by atoms with E-state index in [-0.39, 0.29) is 18.7 Å². The number of carbonyl (C=O) groups is 1. The number of aromatic nitrogens is 1. The fourth-order valence-corrected chi connectivity index (χ4v) is 1.63. The molecule has 1 aromatic rings. The predicted molar refractivity (Wildman–Crippen MR) is 56.9 cm³/mol. The second-order valence-electron chi connectivity index (χ2n) is 4.05. The fourth-order valence-electron chi connectivity index (χ4n) is 1.63. The zero-order chi connectivity index (χ0) is 12.3. The number of ether oxygens (including phenoxy) is 1. The van der Waals surface area contributed by atoms with Crippen LogP contribution in [0.5, 0.6) is 0 Å². The molecule has 1 saturated heterocycles. The van der Waals surface area contributed by atoms with Crippen molar-refractivity contribution >= 4 is 5.91 Å². The third kappa shape index (κ3) is 2.78. The molecule has 5 nitrogen and oxygen atoms in total. The van der Waals surface area contributed by atoms with E-state index in [0.29, 0.717) is 13.0 Å². The Morgan fingerprint density at radius 2 is 2.53 bits per heavy atom. The normalized spacial score (nSPS) is 23.6. The van der Waals surface area contributed by atoms with Gasteiger partial charge in [0, 0.05) is 25.8 Å². The van der Waals surface area contributed by atoms with Gasteiger partial charge >= 0.3 is 0 Å². The van der Waals surface area contributed by atoms with E-state index in [9.17, 15) is 14.3 Å². The van der Waals surface area contributed by atoms with Crippen LogP contribution >= 0.6 is 0 Å². The molecular formula is C11H13FN2O3. The smallest absolute Gasteiger partial charge is 0.256 e. The molecule has 2 N–H and O–H groups in total. The van der Waals surface area contributed by atoms with Gasteiger partial charge < -0.3 is 15.2 Å². The Labute approximate surface area is 97.6 Å². The lowest BCUT2D eigenvalue weighted by atomic mass is 10.0. The number of amides is 1. The Bertz CT molecular complexity index is 419. The highest BCUT2D eigenvalue weighted by atomic mass is 19.1. The average molecular weight is 240 g/mol. The highest BCUT2D eigenvalue weighted by Crippen LogP contribution is 2.17. The topological polar surface area (TPSA) is 71.5 Å². The summed E-state index contributed by atoms with van der Waals surface area (Å²) < 4.78 is 18.2. The minimum atomic E-state index is -1.05. The van der Waals surface area contributed by atoms with Crippen LogP contribution in [0.4, 0.5) is 4.39 Å². The van der Waals surface area contributed by atoms with Crippen molar-refractivity contribution in [2.24, 2.45) is 0 Å². The number of hydrogen-bond acceptors (Lipinski definition) is 4. The molecule has 0 radical (unpaired) electrons. The maximum absolute atomic E-state index is 13.2. The minimum absolute atomic E-state index is 0.0418. The summed E-state index contributed by atoms with van der Waals surface area (Å²) in [5.41, 5.74) is -1.18. The monoisotopic (exact) mass is 240 g/mol. The van der Waals surface area contributed by atoms with Gasteiger partial charge in [-0.05, 0) is 12.1 Å². The van der Waals surface area contributed by atoms with Crippen LogP contribution in [0.3, 0.4) is 0 Å². The van der Waals surface area contributed by atoms with Crippen LogP contribution in [0.25, 0.3) is 0 Å². The summed E-state index contributed by atoms with van der Waals surface area (Å²) in [7, 11) is 0. The first-order valence-corrected chi connectivity index (χ1v) is 5.30. The maximum atomic E-state index is 13.2. The van der Waals surface area contributed by atoms with E-state index in [1.807, 2.05) is 0 Å². The number of nitrogens with zero attached hydrogens (tertiary/aromatic N) is 1. The van der Waals surface area contributed by atoms with Crippen molar-refractivity contribution in [1.82, 2.24) is 10.3 Å². The fraction of sp³-hybridized carbons (Fsp3) is 0.455. The van der Waals surface area contributed by atoms with Crippen molar-refractivity contribution in [3.63, 3.8) is 0 Å². The van der Waals surface area contributed by atoms with Gasteiger partial charge in [-0.2, -0.15) is 4.39 Å². The highest BCUT2D eigenvalue weighted by molar-refractivity contribution is 5.94. The summed E-state index contributed by atoms with van der Waals surface area (Å²) in [5.74, 6) is -1.41. The Balaban J connectivity index is 1.96. The molecule has 0 saturated carbocycles. The van der Waals surface area contributed by atoms with Gasteiger partial charge in [0.05, 0.1) is 12.2 Å². The molecule has 1 amide bonds. The minimum Gasteiger partial charge on any atom is -0.386 e. The molecule has 1 atom stereocenters. The van der Waals surface area contributed by atoms with Crippen molar-refractivity contribution in [1.29, 1.82) is 0 Å². The number of halogens is 1. The van der Waals surface area contributed by atoms with Gasteiger partial charge in [0.1, 0.15) is 5.60 Å². The highest BCUT2D eigenvalue weighted by Gasteiger charge is 2.32. The number of nitrogens with one attached hydrogen (secondary N) is 1. The molecular weight excluding hydrogens is 227 g/mol. The van der Waals surface area contributed by atoms with Gasteiger partial charge in [-0.15, -0.1) is 0 Å². The van der Waals surface area contributed by atoms with Gasteiger partial charge in [-0.25, -0.2) is 4.98 Å². The molecule has 6 heteroatoms. The lowest BCUT2D eigenvalue weighted by Gasteiger charge is -2.20. The summed E-state index contributed by atoms with van der Waals surface area (Å²) in [5, 5.41) is 12.4. The summed E-state index contributed by atoms with van der Waals surface area (Å²) >= 11 is 0. The maximum Gasteiger partial charge on any atom is 0.256 e. The first-order chi connectivity index (χ1) is 8.11. The molecule has 2 heterocycles. The SMILES string of the molecule is O=C(NCC1(O)CCOC1)c1cccnc1F. The lowest BCUT2D eigenvalue weighted by Crippen LogP contribution is -2.43. The standard InChI is InChI=1S/C11H13FN2O3/c12-9-8(2-1-4-13-9)10(15)14-6-11(16)3-5-17-7-11/h1-2,4,16H,3,5-7H2,(H,14,15). The molecule has 1 aromatic heterocycles. The molecule has 1 fully saturated rings. The van der Waals surface area contributed by atoms with Crippen LogP contribution < -0.4 is 5.32 Å². The number of pyridine rings is 1. The number of carbonyl (C=O) groups excluding carboxylic acids is 1. The Kier molecular flexibility index (Phi) is 3.35. The van der Waals surface area contributed by atoms with E-state index in [0.717, 1.165) is 0 Å². The second kappa shape index (κ2) is 4.77. The average Bonchev–Trinajstić information content (AvgIpc) is 2.74. The van der Waals surface area contributed by atoms with Crippen molar-refractivity contribution in [3.05, 3.63) is 29.8 Å². The third-order valence-corrected chi connectivity index (χ3v) is 2.66. The van der Waals surface area contributed by atoms with Crippen LogP contribution in [0.2, 0.25) is 0 Å². The first-order valence-electron chi connectivity index (χ1n) is 5.30.